The van der Waals surface area contributed by atoms with Crippen LogP contribution in [0, 0.1) is 11.7 Å². The van der Waals surface area contributed by atoms with Gasteiger partial charge in [-0.25, -0.2) is 4.39 Å². The van der Waals surface area contributed by atoms with Crippen molar-refractivity contribution >= 4 is 5.97 Å². The molecule has 1 atom stereocenters. The van der Waals surface area contributed by atoms with E-state index in [4.69, 9.17) is 5.11 Å². The average molecular weight is 254 g/mol. The molecular weight excluding hydrogens is 235 g/mol. The first-order chi connectivity index (χ1) is 8.28. The largest absolute Gasteiger partial charge is 0.481 e. The molecule has 1 unspecified atom stereocenters. The molecule has 0 amide bonds. The van der Waals surface area contributed by atoms with E-state index in [9.17, 15) is 14.3 Å². The molecule has 1 aromatic rings. The molecule has 0 saturated carbocycles. The summed E-state index contributed by atoms with van der Waals surface area (Å²) in [4.78, 5) is 11.1. The van der Waals surface area contributed by atoms with Crippen molar-refractivity contribution in [1.29, 1.82) is 0 Å². The molecule has 0 aliphatic carbocycles. The SMILES string of the molecule is CC(C)(O)CCC(Cc1cccc(F)c1)C(=O)O. The molecule has 0 aliphatic rings. The molecule has 0 radical (unpaired) electrons. The zero-order valence-corrected chi connectivity index (χ0v) is 10.7. The Labute approximate surface area is 106 Å². The Bertz CT molecular complexity index is 410. The number of rotatable bonds is 6. The maximum atomic E-state index is 13.0. The van der Waals surface area contributed by atoms with E-state index in [0.29, 0.717) is 18.4 Å². The number of carbonyl (C=O) groups is 1. The Kier molecular flexibility index (Phi) is 4.84. The zero-order chi connectivity index (χ0) is 13.8. The van der Waals surface area contributed by atoms with E-state index in [1.165, 1.54) is 12.1 Å². The van der Waals surface area contributed by atoms with Crippen LogP contribution in [0.5, 0.6) is 0 Å². The minimum atomic E-state index is -0.913. The molecule has 0 aromatic heterocycles. The van der Waals surface area contributed by atoms with E-state index in [1.807, 2.05) is 0 Å². The lowest BCUT2D eigenvalue weighted by molar-refractivity contribution is -0.142. The van der Waals surface area contributed by atoms with Crippen molar-refractivity contribution in [1.82, 2.24) is 0 Å². The van der Waals surface area contributed by atoms with Crippen molar-refractivity contribution in [3.05, 3.63) is 35.6 Å². The van der Waals surface area contributed by atoms with Gasteiger partial charge in [-0.2, -0.15) is 0 Å². The van der Waals surface area contributed by atoms with Gasteiger partial charge in [0.2, 0.25) is 0 Å². The molecule has 1 rings (SSSR count). The third kappa shape index (κ3) is 5.27. The Balaban J connectivity index is 2.66. The van der Waals surface area contributed by atoms with Gasteiger partial charge in [-0.3, -0.25) is 4.79 Å². The Morgan fingerprint density at radius 3 is 2.61 bits per heavy atom. The average Bonchev–Trinajstić information content (AvgIpc) is 2.22. The lowest BCUT2D eigenvalue weighted by Gasteiger charge is -2.20. The summed E-state index contributed by atoms with van der Waals surface area (Å²) in [6.07, 6.45) is 1.05. The monoisotopic (exact) mass is 254 g/mol. The summed E-state index contributed by atoms with van der Waals surface area (Å²) in [6, 6.07) is 5.96. The zero-order valence-electron chi connectivity index (χ0n) is 10.7. The van der Waals surface area contributed by atoms with Gasteiger partial charge in [0.05, 0.1) is 11.5 Å². The minimum Gasteiger partial charge on any atom is -0.481 e. The van der Waals surface area contributed by atoms with Crippen molar-refractivity contribution in [3.63, 3.8) is 0 Å². The summed E-state index contributed by atoms with van der Waals surface area (Å²) >= 11 is 0. The summed E-state index contributed by atoms with van der Waals surface area (Å²) in [5.74, 6) is -1.87. The van der Waals surface area contributed by atoms with Crippen molar-refractivity contribution in [3.8, 4) is 0 Å². The van der Waals surface area contributed by atoms with Crippen LogP contribution >= 0.6 is 0 Å². The number of aliphatic carboxylic acids is 1. The van der Waals surface area contributed by atoms with Gasteiger partial charge in [-0.05, 0) is 50.8 Å². The van der Waals surface area contributed by atoms with Crippen LogP contribution < -0.4 is 0 Å². The molecular formula is C14H19FO3. The van der Waals surface area contributed by atoms with E-state index in [2.05, 4.69) is 0 Å². The minimum absolute atomic E-state index is 0.281. The summed E-state index contributed by atoms with van der Waals surface area (Å²) < 4.78 is 13.0. The van der Waals surface area contributed by atoms with Crippen molar-refractivity contribution < 1.29 is 19.4 Å². The third-order valence-corrected chi connectivity index (χ3v) is 2.82. The van der Waals surface area contributed by atoms with Crippen LogP contribution in [0.25, 0.3) is 0 Å². The van der Waals surface area contributed by atoms with Crippen LogP contribution in [-0.4, -0.2) is 21.8 Å². The summed E-state index contributed by atoms with van der Waals surface area (Å²) in [5, 5.41) is 18.7. The van der Waals surface area contributed by atoms with Crippen LogP contribution in [0.15, 0.2) is 24.3 Å². The van der Waals surface area contributed by atoms with E-state index < -0.39 is 17.5 Å². The van der Waals surface area contributed by atoms with E-state index >= 15 is 0 Å². The highest BCUT2D eigenvalue weighted by Crippen LogP contribution is 2.20. The first-order valence-corrected chi connectivity index (χ1v) is 5.97. The number of carboxylic acids is 1. The van der Waals surface area contributed by atoms with Crippen LogP contribution in [0.3, 0.4) is 0 Å². The Hall–Kier alpha value is -1.42. The number of aliphatic hydroxyl groups is 1. The smallest absolute Gasteiger partial charge is 0.306 e. The predicted molar refractivity (Wildman–Crippen MR) is 66.8 cm³/mol. The Morgan fingerprint density at radius 1 is 1.44 bits per heavy atom. The van der Waals surface area contributed by atoms with E-state index in [0.717, 1.165) is 0 Å². The fraction of sp³-hybridized carbons (Fsp3) is 0.500. The second-order valence-corrected chi connectivity index (χ2v) is 5.22. The topological polar surface area (TPSA) is 57.5 Å². The first kappa shape index (κ1) is 14.6. The highest BCUT2D eigenvalue weighted by atomic mass is 19.1. The van der Waals surface area contributed by atoms with Crippen molar-refractivity contribution in [2.45, 2.75) is 38.7 Å². The molecule has 4 heteroatoms. The van der Waals surface area contributed by atoms with Gasteiger partial charge in [0.15, 0.2) is 0 Å². The number of carboxylic acid groups (broad SMARTS) is 1. The summed E-state index contributed by atoms with van der Waals surface area (Å²) in [5.41, 5.74) is -0.214. The van der Waals surface area contributed by atoms with Gasteiger partial charge in [-0.15, -0.1) is 0 Å². The second-order valence-electron chi connectivity index (χ2n) is 5.22. The molecule has 2 N–H and O–H groups in total. The molecule has 0 spiro atoms. The number of hydrogen-bond donors (Lipinski definition) is 2. The molecule has 0 saturated heterocycles. The molecule has 18 heavy (non-hydrogen) atoms. The summed E-state index contributed by atoms with van der Waals surface area (Å²) in [7, 11) is 0. The van der Waals surface area contributed by atoms with Gasteiger partial charge in [-0.1, -0.05) is 12.1 Å². The second kappa shape index (κ2) is 5.96. The fourth-order valence-electron chi connectivity index (χ4n) is 1.79. The number of halogens is 1. The van der Waals surface area contributed by atoms with Gasteiger partial charge >= 0.3 is 5.97 Å². The maximum Gasteiger partial charge on any atom is 0.306 e. The highest BCUT2D eigenvalue weighted by Gasteiger charge is 2.22. The lowest BCUT2D eigenvalue weighted by atomic mass is 9.90. The number of benzene rings is 1. The predicted octanol–water partition coefficient (Wildman–Crippen LogP) is 2.62. The highest BCUT2D eigenvalue weighted by molar-refractivity contribution is 5.70. The molecule has 1 aromatic carbocycles. The first-order valence-electron chi connectivity index (χ1n) is 5.97. The van der Waals surface area contributed by atoms with Gasteiger partial charge in [0, 0.05) is 0 Å². The van der Waals surface area contributed by atoms with Crippen molar-refractivity contribution in [2.24, 2.45) is 5.92 Å². The standard InChI is InChI=1S/C14H19FO3/c1-14(2,18)7-6-11(13(16)17)8-10-4-3-5-12(15)9-10/h3-5,9,11,18H,6-8H2,1-2H3,(H,16,17). The van der Waals surface area contributed by atoms with Crippen LogP contribution in [0.2, 0.25) is 0 Å². The molecule has 0 heterocycles. The van der Waals surface area contributed by atoms with Gasteiger partial charge < -0.3 is 10.2 Å². The molecule has 3 nitrogen and oxygen atoms in total. The number of hydrogen-bond acceptors (Lipinski definition) is 2. The summed E-state index contributed by atoms with van der Waals surface area (Å²) in [6.45, 7) is 3.29. The molecule has 0 fully saturated rings. The van der Waals surface area contributed by atoms with Crippen LogP contribution in [-0.2, 0) is 11.2 Å². The van der Waals surface area contributed by atoms with Crippen molar-refractivity contribution in [2.75, 3.05) is 0 Å². The lowest BCUT2D eigenvalue weighted by Crippen LogP contribution is -2.24. The van der Waals surface area contributed by atoms with Crippen LogP contribution in [0.1, 0.15) is 32.3 Å². The fourth-order valence-corrected chi connectivity index (χ4v) is 1.79. The quantitative estimate of drug-likeness (QED) is 0.820. The van der Waals surface area contributed by atoms with Gasteiger partial charge in [0.1, 0.15) is 5.82 Å². The van der Waals surface area contributed by atoms with E-state index in [1.54, 1.807) is 26.0 Å². The molecule has 0 aliphatic heterocycles. The third-order valence-electron chi connectivity index (χ3n) is 2.82. The maximum absolute atomic E-state index is 13.0. The normalized spacial score (nSPS) is 13.3. The Morgan fingerprint density at radius 2 is 2.11 bits per heavy atom. The van der Waals surface area contributed by atoms with Crippen LogP contribution in [0.4, 0.5) is 4.39 Å². The van der Waals surface area contributed by atoms with E-state index in [-0.39, 0.29) is 12.2 Å². The van der Waals surface area contributed by atoms with Gasteiger partial charge in [0.25, 0.3) is 0 Å². The molecule has 0 bridgehead atoms. The molecule has 100 valence electrons.